The van der Waals surface area contributed by atoms with Crippen molar-refractivity contribution in [3.05, 3.63) is 41.7 Å². The zero-order chi connectivity index (χ0) is 15.4. The standard InChI is InChI=1S/C13H11N3O3.C2H6/c1-8-7-10(12(17)18-2)16(15-8)13-14-9-5-3-4-6-11(9)19-13;1-2/h3-7H,1-2H3;1-2H3. The number of carbonyl (C=O) groups excluding carboxylic acids is 1. The summed E-state index contributed by atoms with van der Waals surface area (Å²) in [7, 11) is 1.32. The summed E-state index contributed by atoms with van der Waals surface area (Å²) < 4.78 is 11.6. The molecule has 0 unspecified atom stereocenters. The highest BCUT2D eigenvalue weighted by Gasteiger charge is 2.19. The van der Waals surface area contributed by atoms with Crippen LogP contribution in [0.3, 0.4) is 0 Å². The van der Waals surface area contributed by atoms with Crippen molar-refractivity contribution >= 4 is 17.1 Å². The Hall–Kier alpha value is -2.63. The Kier molecular flexibility index (Phi) is 4.37. The van der Waals surface area contributed by atoms with Crippen molar-refractivity contribution in [3.63, 3.8) is 0 Å². The van der Waals surface area contributed by atoms with E-state index in [0.29, 0.717) is 16.8 Å². The average Bonchev–Trinajstić information content (AvgIpc) is 3.11. The van der Waals surface area contributed by atoms with E-state index < -0.39 is 5.97 Å². The smallest absolute Gasteiger partial charge is 0.356 e. The predicted octanol–water partition coefficient (Wildman–Crippen LogP) is 3.13. The van der Waals surface area contributed by atoms with Crippen LogP contribution in [0, 0.1) is 6.92 Å². The minimum Gasteiger partial charge on any atom is -0.464 e. The number of aryl methyl sites for hydroxylation is 1. The quantitative estimate of drug-likeness (QED) is 0.677. The first-order valence-electron chi connectivity index (χ1n) is 6.70. The molecule has 0 amide bonds. The summed E-state index contributed by atoms with van der Waals surface area (Å²) in [6, 6.07) is 9.23. The van der Waals surface area contributed by atoms with Gasteiger partial charge in [-0.1, -0.05) is 26.0 Å². The van der Waals surface area contributed by atoms with Crippen LogP contribution in [-0.4, -0.2) is 27.8 Å². The monoisotopic (exact) mass is 287 g/mol. The maximum atomic E-state index is 11.7. The van der Waals surface area contributed by atoms with Crippen molar-refractivity contribution in [1.29, 1.82) is 0 Å². The molecule has 2 heterocycles. The number of aromatic nitrogens is 3. The van der Waals surface area contributed by atoms with Gasteiger partial charge in [0.25, 0.3) is 0 Å². The number of rotatable bonds is 2. The van der Waals surface area contributed by atoms with Crippen molar-refractivity contribution in [2.75, 3.05) is 7.11 Å². The maximum Gasteiger partial charge on any atom is 0.356 e. The van der Waals surface area contributed by atoms with Crippen LogP contribution in [-0.2, 0) is 4.74 Å². The molecule has 0 saturated heterocycles. The summed E-state index contributed by atoms with van der Waals surface area (Å²) in [5.74, 6) is -0.483. The Labute approximate surface area is 122 Å². The molecule has 0 aliphatic heterocycles. The molecule has 0 fully saturated rings. The second-order valence-corrected chi connectivity index (χ2v) is 4.04. The first-order valence-corrected chi connectivity index (χ1v) is 6.70. The molecule has 0 aliphatic carbocycles. The van der Waals surface area contributed by atoms with Gasteiger partial charge in [0.05, 0.1) is 12.8 Å². The molecule has 0 saturated carbocycles. The number of esters is 1. The molecule has 110 valence electrons. The third-order valence-electron chi connectivity index (χ3n) is 2.69. The first-order chi connectivity index (χ1) is 10.2. The fourth-order valence-corrected chi connectivity index (χ4v) is 1.85. The average molecular weight is 287 g/mol. The van der Waals surface area contributed by atoms with Gasteiger partial charge in [-0.05, 0) is 25.1 Å². The summed E-state index contributed by atoms with van der Waals surface area (Å²) in [5.41, 5.74) is 2.32. The number of para-hydroxylation sites is 2. The lowest BCUT2D eigenvalue weighted by molar-refractivity contribution is 0.0589. The molecule has 0 N–H and O–H groups in total. The Morgan fingerprint density at radius 3 is 2.67 bits per heavy atom. The number of nitrogens with zero attached hydrogens (tertiary/aromatic N) is 3. The molecule has 0 spiro atoms. The summed E-state index contributed by atoms with van der Waals surface area (Å²) in [4.78, 5) is 16.0. The molecule has 3 aromatic rings. The Bertz CT molecular complexity index is 725. The van der Waals surface area contributed by atoms with Gasteiger partial charge < -0.3 is 9.15 Å². The van der Waals surface area contributed by atoms with Crippen LogP contribution in [0.4, 0.5) is 0 Å². The molecule has 1 aromatic carbocycles. The SMILES string of the molecule is CC.COC(=O)c1cc(C)nn1-c1nc2ccccc2o1. The van der Waals surface area contributed by atoms with E-state index in [9.17, 15) is 4.79 Å². The number of fused-ring (bicyclic) bond motifs is 1. The highest BCUT2D eigenvalue weighted by Crippen LogP contribution is 2.19. The molecule has 0 atom stereocenters. The largest absolute Gasteiger partial charge is 0.464 e. The van der Waals surface area contributed by atoms with Crippen LogP contribution in [0.25, 0.3) is 17.1 Å². The number of oxazole rings is 1. The van der Waals surface area contributed by atoms with Gasteiger partial charge in [0, 0.05) is 0 Å². The van der Waals surface area contributed by atoms with Crippen LogP contribution >= 0.6 is 0 Å². The minimum atomic E-state index is -0.483. The van der Waals surface area contributed by atoms with Gasteiger partial charge in [-0.25, -0.2) is 4.79 Å². The second-order valence-electron chi connectivity index (χ2n) is 4.04. The summed E-state index contributed by atoms with van der Waals surface area (Å²) in [6.07, 6.45) is 0. The maximum absolute atomic E-state index is 11.7. The van der Waals surface area contributed by atoms with Crippen LogP contribution in [0.5, 0.6) is 0 Å². The van der Waals surface area contributed by atoms with Gasteiger partial charge >= 0.3 is 12.0 Å². The fourth-order valence-electron chi connectivity index (χ4n) is 1.85. The molecule has 0 aliphatic rings. The second kappa shape index (κ2) is 6.21. The third-order valence-corrected chi connectivity index (χ3v) is 2.69. The number of ether oxygens (including phenoxy) is 1. The van der Waals surface area contributed by atoms with Gasteiger partial charge in [-0.2, -0.15) is 14.8 Å². The van der Waals surface area contributed by atoms with Crippen LogP contribution < -0.4 is 0 Å². The molecule has 2 aromatic heterocycles. The highest BCUT2D eigenvalue weighted by atomic mass is 16.5. The lowest BCUT2D eigenvalue weighted by atomic mass is 10.3. The third kappa shape index (κ3) is 2.79. The number of benzene rings is 1. The fraction of sp³-hybridized carbons (Fsp3) is 0.267. The summed E-state index contributed by atoms with van der Waals surface area (Å²) in [5, 5.41) is 4.20. The normalized spacial score (nSPS) is 10.1. The number of hydrogen-bond acceptors (Lipinski definition) is 5. The number of methoxy groups -OCH3 is 1. The Morgan fingerprint density at radius 1 is 1.29 bits per heavy atom. The van der Waals surface area contributed by atoms with Gasteiger partial charge in [0.1, 0.15) is 5.52 Å². The zero-order valence-corrected chi connectivity index (χ0v) is 12.5. The predicted molar refractivity (Wildman–Crippen MR) is 78.6 cm³/mol. The van der Waals surface area contributed by atoms with Gasteiger partial charge in [0.2, 0.25) is 0 Å². The van der Waals surface area contributed by atoms with E-state index in [2.05, 4.69) is 10.1 Å². The van der Waals surface area contributed by atoms with Crippen molar-refractivity contribution in [3.8, 4) is 6.01 Å². The minimum absolute atomic E-state index is 0.245. The Morgan fingerprint density at radius 2 is 2.00 bits per heavy atom. The summed E-state index contributed by atoms with van der Waals surface area (Å²) in [6.45, 7) is 5.78. The lowest BCUT2D eigenvalue weighted by Gasteiger charge is -1.99. The molecular formula is C15H17N3O3. The molecule has 3 rings (SSSR count). The van der Waals surface area contributed by atoms with Crippen molar-refractivity contribution in [2.24, 2.45) is 0 Å². The topological polar surface area (TPSA) is 70.2 Å². The molecular weight excluding hydrogens is 270 g/mol. The van der Waals surface area contributed by atoms with E-state index in [1.165, 1.54) is 11.8 Å². The van der Waals surface area contributed by atoms with Gasteiger partial charge in [-0.15, -0.1) is 0 Å². The van der Waals surface area contributed by atoms with E-state index in [0.717, 1.165) is 0 Å². The van der Waals surface area contributed by atoms with Crippen LogP contribution in [0.2, 0.25) is 0 Å². The number of hydrogen-bond donors (Lipinski definition) is 0. The van der Waals surface area contributed by atoms with E-state index in [-0.39, 0.29) is 11.7 Å². The van der Waals surface area contributed by atoms with Gasteiger partial charge in [-0.3, -0.25) is 0 Å². The molecule has 6 nitrogen and oxygen atoms in total. The molecule has 0 radical (unpaired) electrons. The van der Waals surface area contributed by atoms with Crippen molar-refractivity contribution in [2.45, 2.75) is 20.8 Å². The lowest BCUT2D eigenvalue weighted by Crippen LogP contribution is -2.10. The number of carbonyl (C=O) groups is 1. The van der Waals surface area contributed by atoms with Crippen LogP contribution in [0.15, 0.2) is 34.7 Å². The van der Waals surface area contributed by atoms with Gasteiger partial charge in [0.15, 0.2) is 11.3 Å². The van der Waals surface area contributed by atoms with Crippen molar-refractivity contribution < 1.29 is 13.9 Å². The van der Waals surface area contributed by atoms with E-state index in [1.54, 1.807) is 19.1 Å². The Balaban J connectivity index is 0.000000774. The van der Waals surface area contributed by atoms with E-state index >= 15 is 0 Å². The van der Waals surface area contributed by atoms with E-state index in [1.807, 2.05) is 32.0 Å². The van der Waals surface area contributed by atoms with E-state index in [4.69, 9.17) is 9.15 Å². The molecule has 21 heavy (non-hydrogen) atoms. The molecule has 6 heteroatoms. The zero-order valence-electron chi connectivity index (χ0n) is 12.5. The van der Waals surface area contributed by atoms with Crippen LogP contribution in [0.1, 0.15) is 30.0 Å². The molecule has 0 bridgehead atoms. The summed E-state index contributed by atoms with van der Waals surface area (Å²) >= 11 is 0. The highest BCUT2D eigenvalue weighted by molar-refractivity contribution is 5.88. The van der Waals surface area contributed by atoms with Crippen molar-refractivity contribution in [1.82, 2.24) is 14.8 Å². The first kappa shape index (κ1) is 14.8.